The predicted molar refractivity (Wildman–Crippen MR) is 125 cm³/mol. The number of nitrogens with zero attached hydrogens (tertiary/aromatic N) is 3. The smallest absolute Gasteiger partial charge is 0.375 e. The topological polar surface area (TPSA) is 70.4 Å². The van der Waals surface area contributed by atoms with E-state index in [9.17, 15) is 23.1 Å². The molecule has 1 saturated heterocycles. The van der Waals surface area contributed by atoms with E-state index in [1.54, 1.807) is 0 Å². The number of rotatable bonds is 5. The van der Waals surface area contributed by atoms with E-state index in [0.29, 0.717) is 18.6 Å². The molecule has 2 aromatic carbocycles. The normalized spacial score (nSPS) is 18.4. The van der Waals surface area contributed by atoms with Crippen LogP contribution in [0.4, 0.5) is 19.1 Å². The Bertz CT molecular complexity index is 1200. The van der Waals surface area contributed by atoms with Gasteiger partial charge in [0.05, 0.1) is 16.6 Å². The quantitative estimate of drug-likeness (QED) is 0.504. The zero-order valence-electron chi connectivity index (χ0n) is 18.8. The number of imidazole rings is 1. The molecule has 2 heterocycles. The molecule has 34 heavy (non-hydrogen) atoms. The van der Waals surface area contributed by atoms with Gasteiger partial charge in [-0.3, -0.25) is 15.0 Å². The van der Waals surface area contributed by atoms with Crippen LogP contribution in [0.15, 0.2) is 55.1 Å². The van der Waals surface area contributed by atoms with Crippen LogP contribution in [0.5, 0.6) is 0 Å². The molecule has 0 spiro atoms. The van der Waals surface area contributed by atoms with Crippen LogP contribution >= 0.6 is 0 Å². The first-order chi connectivity index (χ1) is 16.2. The molecule has 0 radical (unpaired) electrons. The van der Waals surface area contributed by atoms with Crippen LogP contribution in [0.2, 0.25) is 0 Å². The number of aromatic nitrogens is 2. The summed E-state index contributed by atoms with van der Waals surface area (Å²) in [4.78, 5) is 19.5. The lowest BCUT2D eigenvalue weighted by molar-refractivity contribution is -0.137. The predicted octanol–water partition coefficient (Wildman–Crippen LogP) is 5.15. The molecule has 9 heteroatoms. The number of para-hydroxylation sites is 1. The van der Waals surface area contributed by atoms with Crippen LogP contribution in [0.1, 0.15) is 46.8 Å². The van der Waals surface area contributed by atoms with Crippen molar-refractivity contribution in [3.05, 3.63) is 71.8 Å². The molecule has 3 aromatic rings. The lowest BCUT2D eigenvalue weighted by atomic mass is 10.1. The van der Waals surface area contributed by atoms with Gasteiger partial charge < -0.3 is 9.67 Å². The number of carbonyl (C=O) groups excluding carboxylic acids is 1. The molecule has 0 aliphatic carbocycles. The maximum atomic E-state index is 13.1. The number of carbonyl (C=O) groups is 1. The fourth-order valence-electron chi connectivity index (χ4n) is 4.52. The van der Waals surface area contributed by atoms with Gasteiger partial charge in [-0.25, -0.2) is 4.98 Å². The van der Waals surface area contributed by atoms with E-state index in [1.807, 2.05) is 34.6 Å². The lowest BCUT2D eigenvalue weighted by Gasteiger charge is -2.29. The van der Waals surface area contributed by atoms with E-state index in [-0.39, 0.29) is 17.6 Å². The number of aliphatic hydroxyl groups excluding tert-OH is 1. The number of benzene rings is 2. The molecule has 1 amide bonds. The molecule has 1 aromatic heterocycles. The molecule has 0 bridgehead atoms. The third-order valence-corrected chi connectivity index (χ3v) is 6.22. The molecule has 1 fully saturated rings. The van der Waals surface area contributed by atoms with Crippen LogP contribution < -0.4 is 5.32 Å². The van der Waals surface area contributed by atoms with Crippen LogP contribution in [-0.2, 0) is 6.18 Å². The van der Waals surface area contributed by atoms with Crippen molar-refractivity contribution in [3.8, 4) is 0 Å². The molecule has 4 rings (SSSR count). The Morgan fingerprint density at radius 1 is 1.26 bits per heavy atom. The molecule has 2 N–H and O–H groups in total. The van der Waals surface area contributed by atoms with Crippen molar-refractivity contribution >= 4 is 22.9 Å². The summed E-state index contributed by atoms with van der Waals surface area (Å²) in [6.07, 6.45) is -1.24. The highest BCUT2D eigenvalue weighted by Crippen LogP contribution is 2.33. The minimum absolute atomic E-state index is 0.102. The van der Waals surface area contributed by atoms with Crippen molar-refractivity contribution in [2.45, 2.75) is 44.6 Å². The fourth-order valence-corrected chi connectivity index (χ4v) is 4.52. The third-order valence-electron chi connectivity index (χ3n) is 6.22. The number of aryl methyl sites for hydroxylation is 1. The van der Waals surface area contributed by atoms with Crippen molar-refractivity contribution in [1.82, 2.24) is 14.5 Å². The van der Waals surface area contributed by atoms with Gasteiger partial charge in [0.25, 0.3) is 5.91 Å². The van der Waals surface area contributed by atoms with Gasteiger partial charge in [-0.15, -0.1) is 0 Å². The summed E-state index contributed by atoms with van der Waals surface area (Å²) in [5, 5.41) is 13.1. The van der Waals surface area contributed by atoms with E-state index < -0.39 is 23.9 Å². The second kappa shape index (κ2) is 9.60. The van der Waals surface area contributed by atoms with Crippen molar-refractivity contribution in [2.75, 3.05) is 18.4 Å². The van der Waals surface area contributed by atoms with E-state index in [0.717, 1.165) is 42.5 Å². The summed E-state index contributed by atoms with van der Waals surface area (Å²) < 4.78 is 41.4. The Labute approximate surface area is 195 Å². The van der Waals surface area contributed by atoms with Gasteiger partial charge in [0.15, 0.2) is 0 Å². The molecule has 2 atom stereocenters. The SMILES string of the molecule is C=CC(O)N1CCCC[C@H](n2c(NC(=O)c3cccc(C(F)(F)F)c3)nc3cccc(C)c32)C1. The summed E-state index contributed by atoms with van der Waals surface area (Å²) in [5.41, 5.74) is 1.50. The first-order valence-corrected chi connectivity index (χ1v) is 11.2. The van der Waals surface area contributed by atoms with E-state index in [4.69, 9.17) is 0 Å². The van der Waals surface area contributed by atoms with Crippen LogP contribution in [0.25, 0.3) is 11.0 Å². The summed E-state index contributed by atoms with van der Waals surface area (Å²) in [6.45, 7) is 6.86. The van der Waals surface area contributed by atoms with Crippen LogP contribution in [0, 0.1) is 6.92 Å². The Morgan fingerprint density at radius 2 is 2.03 bits per heavy atom. The molecule has 1 aliphatic rings. The van der Waals surface area contributed by atoms with Crippen molar-refractivity contribution in [2.24, 2.45) is 0 Å². The minimum Gasteiger partial charge on any atom is -0.375 e. The van der Waals surface area contributed by atoms with Crippen LogP contribution in [-0.4, -0.2) is 44.8 Å². The van der Waals surface area contributed by atoms with Gasteiger partial charge in [0.2, 0.25) is 5.95 Å². The highest BCUT2D eigenvalue weighted by molar-refractivity contribution is 6.04. The largest absolute Gasteiger partial charge is 0.416 e. The zero-order chi connectivity index (χ0) is 24.5. The molecular formula is C25H27F3N4O2. The molecule has 0 saturated carbocycles. The van der Waals surface area contributed by atoms with E-state index in [1.165, 1.54) is 18.2 Å². The fraction of sp³-hybridized carbons (Fsp3) is 0.360. The van der Waals surface area contributed by atoms with Gasteiger partial charge >= 0.3 is 6.18 Å². The van der Waals surface area contributed by atoms with Gasteiger partial charge in [0, 0.05) is 24.7 Å². The highest BCUT2D eigenvalue weighted by atomic mass is 19.4. The first-order valence-electron chi connectivity index (χ1n) is 11.2. The number of alkyl halides is 3. The number of fused-ring (bicyclic) bond motifs is 1. The number of aliphatic hydroxyl groups is 1. The van der Waals surface area contributed by atoms with Crippen LogP contribution in [0.3, 0.4) is 0 Å². The second-order valence-corrected chi connectivity index (χ2v) is 8.57. The van der Waals surface area contributed by atoms with E-state index in [2.05, 4.69) is 16.9 Å². The van der Waals surface area contributed by atoms with Crippen molar-refractivity contribution in [3.63, 3.8) is 0 Å². The summed E-state index contributed by atoms with van der Waals surface area (Å²) >= 11 is 0. The van der Waals surface area contributed by atoms with Gasteiger partial charge in [-0.05, 0) is 55.7 Å². The van der Waals surface area contributed by atoms with Crippen molar-refractivity contribution < 1.29 is 23.1 Å². The molecule has 1 aliphatic heterocycles. The molecule has 180 valence electrons. The number of hydrogen-bond donors (Lipinski definition) is 2. The first kappa shape index (κ1) is 24.0. The highest BCUT2D eigenvalue weighted by Gasteiger charge is 2.31. The number of likely N-dealkylation sites (tertiary alicyclic amines) is 1. The number of amides is 1. The monoisotopic (exact) mass is 472 g/mol. The van der Waals surface area contributed by atoms with E-state index >= 15 is 0 Å². The average Bonchev–Trinajstić information content (AvgIpc) is 3.00. The number of anilines is 1. The minimum atomic E-state index is -4.55. The Kier molecular flexibility index (Phi) is 6.77. The molecule has 6 nitrogen and oxygen atoms in total. The summed E-state index contributed by atoms with van der Waals surface area (Å²) in [6, 6.07) is 9.87. The summed E-state index contributed by atoms with van der Waals surface area (Å²) in [7, 11) is 0. The van der Waals surface area contributed by atoms with Gasteiger partial charge in [0.1, 0.15) is 6.23 Å². The standard InChI is InChI=1S/C25H27F3N4O2/c1-3-21(33)31-13-5-4-11-19(15-31)32-22-16(2)8-6-12-20(22)29-24(32)30-23(34)17-9-7-10-18(14-17)25(26,27)28/h3,6-10,12,14,19,21,33H,1,4-5,11,13,15H2,2H3,(H,29,30,34)/t19-,21?/m0/s1. The number of hydrogen-bond acceptors (Lipinski definition) is 4. The molecule has 1 unspecified atom stereocenters. The maximum absolute atomic E-state index is 13.1. The Morgan fingerprint density at radius 3 is 2.76 bits per heavy atom. The number of halogens is 3. The third kappa shape index (κ3) is 4.85. The summed E-state index contributed by atoms with van der Waals surface area (Å²) in [5.74, 6) is -0.399. The Balaban J connectivity index is 1.74. The Hall–Kier alpha value is -3.17. The molecular weight excluding hydrogens is 445 g/mol. The second-order valence-electron chi connectivity index (χ2n) is 8.57. The number of nitrogens with one attached hydrogen (secondary N) is 1. The van der Waals surface area contributed by atoms with Crippen molar-refractivity contribution in [1.29, 1.82) is 0 Å². The zero-order valence-corrected chi connectivity index (χ0v) is 18.8. The average molecular weight is 473 g/mol. The maximum Gasteiger partial charge on any atom is 0.416 e. The lowest BCUT2D eigenvalue weighted by Crippen LogP contribution is -2.37. The van der Waals surface area contributed by atoms with Gasteiger partial charge in [-0.1, -0.05) is 31.2 Å². The van der Waals surface area contributed by atoms with Gasteiger partial charge in [-0.2, -0.15) is 13.2 Å².